The van der Waals surface area contributed by atoms with Gasteiger partial charge in [-0.05, 0) is 44.6 Å². The zero-order valence-corrected chi connectivity index (χ0v) is 15.0. The van der Waals surface area contributed by atoms with Crippen LogP contribution in [0.15, 0.2) is 18.2 Å². The Bertz CT molecular complexity index is 550. The number of benzene rings is 1. The SMILES string of the molecule is COC[C@@H]1[C@H](C(=O)NCc2cc(OC)ccc2OC)CCCN1C. The van der Waals surface area contributed by atoms with Crippen LogP contribution >= 0.6 is 0 Å². The Morgan fingerprint density at radius 1 is 1.29 bits per heavy atom. The molecule has 1 aliphatic rings. The second-order valence-corrected chi connectivity index (χ2v) is 6.15. The minimum absolute atomic E-state index is 0.0553. The molecule has 1 fully saturated rings. The maximum atomic E-state index is 12.7. The monoisotopic (exact) mass is 336 g/mol. The number of carbonyl (C=O) groups excluding carboxylic acids is 1. The fraction of sp³-hybridized carbons (Fsp3) is 0.611. The first-order chi connectivity index (χ1) is 11.6. The van der Waals surface area contributed by atoms with E-state index in [1.54, 1.807) is 21.3 Å². The summed E-state index contributed by atoms with van der Waals surface area (Å²) in [4.78, 5) is 14.9. The van der Waals surface area contributed by atoms with Gasteiger partial charge in [-0.3, -0.25) is 4.79 Å². The van der Waals surface area contributed by atoms with E-state index in [1.165, 1.54) is 0 Å². The van der Waals surface area contributed by atoms with Gasteiger partial charge in [-0.25, -0.2) is 0 Å². The summed E-state index contributed by atoms with van der Waals surface area (Å²) in [6.45, 7) is 1.98. The number of nitrogens with one attached hydrogen (secondary N) is 1. The third-order valence-electron chi connectivity index (χ3n) is 4.67. The number of nitrogens with zero attached hydrogens (tertiary/aromatic N) is 1. The lowest BCUT2D eigenvalue weighted by molar-refractivity contribution is -0.129. The minimum Gasteiger partial charge on any atom is -0.497 e. The van der Waals surface area contributed by atoms with Crippen molar-refractivity contribution in [1.82, 2.24) is 10.2 Å². The van der Waals surface area contributed by atoms with Gasteiger partial charge in [-0.1, -0.05) is 0 Å². The van der Waals surface area contributed by atoms with Crippen molar-refractivity contribution in [3.05, 3.63) is 23.8 Å². The molecule has 1 aliphatic heterocycles. The van der Waals surface area contributed by atoms with E-state index >= 15 is 0 Å². The molecule has 2 rings (SSSR count). The van der Waals surface area contributed by atoms with Crippen LogP contribution in [-0.4, -0.2) is 58.4 Å². The molecule has 1 aromatic carbocycles. The van der Waals surface area contributed by atoms with Crippen LogP contribution in [0.1, 0.15) is 18.4 Å². The van der Waals surface area contributed by atoms with Crippen molar-refractivity contribution in [2.45, 2.75) is 25.4 Å². The number of hydrogen-bond acceptors (Lipinski definition) is 5. The van der Waals surface area contributed by atoms with Crippen molar-refractivity contribution >= 4 is 5.91 Å². The van der Waals surface area contributed by atoms with E-state index in [-0.39, 0.29) is 17.9 Å². The van der Waals surface area contributed by atoms with Crippen molar-refractivity contribution < 1.29 is 19.0 Å². The predicted octanol–water partition coefficient (Wildman–Crippen LogP) is 1.68. The van der Waals surface area contributed by atoms with Gasteiger partial charge in [0.1, 0.15) is 11.5 Å². The maximum absolute atomic E-state index is 12.7. The van der Waals surface area contributed by atoms with E-state index < -0.39 is 0 Å². The highest BCUT2D eigenvalue weighted by molar-refractivity contribution is 5.79. The van der Waals surface area contributed by atoms with Crippen molar-refractivity contribution in [2.24, 2.45) is 5.92 Å². The molecule has 1 aromatic rings. The zero-order chi connectivity index (χ0) is 17.5. The molecule has 1 saturated heterocycles. The summed E-state index contributed by atoms with van der Waals surface area (Å²) >= 11 is 0. The summed E-state index contributed by atoms with van der Waals surface area (Å²) in [6.07, 6.45) is 1.91. The molecule has 6 nitrogen and oxygen atoms in total. The Morgan fingerprint density at radius 2 is 2.08 bits per heavy atom. The Kier molecular flexibility index (Phi) is 6.87. The molecular weight excluding hydrogens is 308 g/mol. The quantitative estimate of drug-likeness (QED) is 0.821. The molecule has 2 atom stereocenters. The standard InChI is InChI=1S/C18H28N2O4/c1-20-9-5-6-15(16(20)12-22-2)18(21)19-11-13-10-14(23-3)7-8-17(13)24-4/h7-8,10,15-16H,5-6,9,11-12H2,1-4H3,(H,19,21)/t15-,16-/m1/s1. The molecule has 134 valence electrons. The number of methoxy groups -OCH3 is 3. The van der Waals surface area contributed by atoms with Crippen LogP contribution in [0.5, 0.6) is 11.5 Å². The zero-order valence-electron chi connectivity index (χ0n) is 15.0. The van der Waals surface area contributed by atoms with E-state index in [0.717, 1.165) is 36.4 Å². The van der Waals surface area contributed by atoms with E-state index in [0.29, 0.717) is 13.2 Å². The maximum Gasteiger partial charge on any atom is 0.225 e. The van der Waals surface area contributed by atoms with Crippen LogP contribution in [0.25, 0.3) is 0 Å². The van der Waals surface area contributed by atoms with Crippen LogP contribution in [0.4, 0.5) is 0 Å². The summed E-state index contributed by atoms with van der Waals surface area (Å²) in [5, 5.41) is 3.05. The summed E-state index contributed by atoms with van der Waals surface area (Å²) < 4.78 is 15.9. The first-order valence-electron chi connectivity index (χ1n) is 8.28. The number of ether oxygens (including phenoxy) is 3. The molecule has 0 spiro atoms. The lowest BCUT2D eigenvalue weighted by Crippen LogP contribution is -2.51. The summed E-state index contributed by atoms with van der Waals surface area (Å²) in [5.74, 6) is 1.49. The van der Waals surface area contributed by atoms with Crippen molar-refractivity contribution in [3.8, 4) is 11.5 Å². The second-order valence-electron chi connectivity index (χ2n) is 6.15. The number of rotatable bonds is 7. The molecule has 0 bridgehead atoms. The van der Waals surface area contributed by atoms with E-state index in [2.05, 4.69) is 10.2 Å². The summed E-state index contributed by atoms with van der Waals surface area (Å²) in [7, 11) is 6.97. The molecule has 6 heteroatoms. The van der Waals surface area contributed by atoms with E-state index in [1.807, 2.05) is 25.2 Å². The van der Waals surface area contributed by atoms with E-state index in [9.17, 15) is 4.79 Å². The number of piperidine rings is 1. The van der Waals surface area contributed by atoms with Gasteiger partial charge in [0.25, 0.3) is 0 Å². The Morgan fingerprint density at radius 3 is 2.75 bits per heavy atom. The van der Waals surface area contributed by atoms with E-state index in [4.69, 9.17) is 14.2 Å². The topological polar surface area (TPSA) is 60.0 Å². The molecule has 0 aliphatic carbocycles. The van der Waals surface area contributed by atoms with Gasteiger partial charge in [-0.2, -0.15) is 0 Å². The van der Waals surface area contributed by atoms with Crippen LogP contribution in [0, 0.1) is 5.92 Å². The smallest absolute Gasteiger partial charge is 0.225 e. The van der Waals surface area contributed by atoms with Crippen LogP contribution in [0.3, 0.4) is 0 Å². The minimum atomic E-state index is -0.0553. The highest BCUT2D eigenvalue weighted by atomic mass is 16.5. The third kappa shape index (κ3) is 4.39. The highest BCUT2D eigenvalue weighted by Crippen LogP contribution is 2.25. The van der Waals surface area contributed by atoms with Crippen molar-refractivity contribution in [2.75, 3.05) is 41.5 Å². The van der Waals surface area contributed by atoms with Crippen LogP contribution in [0.2, 0.25) is 0 Å². The number of amides is 1. The van der Waals surface area contributed by atoms with Gasteiger partial charge in [0.15, 0.2) is 0 Å². The largest absolute Gasteiger partial charge is 0.497 e. The number of likely N-dealkylation sites (N-methyl/N-ethyl adjacent to an activating group) is 1. The van der Waals surface area contributed by atoms with Gasteiger partial charge >= 0.3 is 0 Å². The molecule has 0 aromatic heterocycles. The molecule has 0 saturated carbocycles. The first kappa shape index (κ1) is 18.5. The van der Waals surface area contributed by atoms with Crippen LogP contribution in [-0.2, 0) is 16.1 Å². The molecule has 1 N–H and O–H groups in total. The fourth-order valence-electron chi connectivity index (χ4n) is 3.28. The van der Waals surface area contributed by atoms with Gasteiger partial charge in [0, 0.05) is 25.3 Å². The molecule has 1 amide bonds. The highest BCUT2D eigenvalue weighted by Gasteiger charge is 2.34. The van der Waals surface area contributed by atoms with Gasteiger partial charge in [-0.15, -0.1) is 0 Å². The van der Waals surface area contributed by atoms with Gasteiger partial charge in [0.05, 0.1) is 26.7 Å². The fourth-order valence-corrected chi connectivity index (χ4v) is 3.28. The normalized spacial score (nSPS) is 21.3. The third-order valence-corrected chi connectivity index (χ3v) is 4.67. The first-order valence-corrected chi connectivity index (χ1v) is 8.28. The molecule has 1 heterocycles. The van der Waals surface area contributed by atoms with Crippen molar-refractivity contribution in [3.63, 3.8) is 0 Å². The van der Waals surface area contributed by atoms with Crippen molar-refractivity contribution in [1.29, 1.82) is 0 Å². The Hall–Kier alpha value is -1.79. The summed E-state index contributed by atoms with van der Waals surface area (Å²) in [6, 6.07) is 5.70. The average molecular weight is 336 g/mol. The average Bonchev–Trinajstić information content (AvgIpc) is 2.61. The molecule has 0 unspecified atom stereocenters. The summed E-state index contributed by atoms with van der Waals surface area (Å²) in [5.41, 5.74) is 0.901. The lowest BCUT2D eigenvalue weighted by atomic mass is 9.89. The van der Waals surface area contributed by atoms with Crippen LogP contribution < -0.4 is 14.8 Å². The molecule has 24 heavy (non-hydrogen) atoms. The number of carbonyl (C=O) groups is 1. The molecule has 0 radical (unpaired) electrons. The predicted molar refractivity (Wildman–Crippen MR) is 92.4 cm³/mol. The lowest BCUT2D eigenvalue weighted by Gasteiger charge is -2.37. The molecular formula is C18H28N2O4. The Balaban J connectivity index is 2.04. The van der Waals surface area contributed by atoms with Gasteiger partial charge < -0.3 is 24.4 Å². The number of likely N-dealkylation sites (tertiary alicyclic amines) is 1. The number of hydrogen-bond donors (Lipinski definition) is 1. The second kappa shape index (κ2) is 8.89. The Labute approximate surface area is 144 Å². The van der Waals surface area contributed by atoms with Gasteiger partial charge in [0.2, 0.25) is 5.91 Å².